The van der Waals surface area contributed by atoms with E-state index in [1.807, 2.05) is 0 Å². The van der Waals surface area contributed by atoms with E-state index in [0.717, 1.165) is 29.3 Å². The highest BCUT2D eigenvalue weighted by molar-refractivity contribution is 6.31. The van der Waals surface area contributed by atoms with E-state index in [4.69, 9.17) is 11.6 Å². The first-order valence-electron chi connectivity index (χ1n) is 6.42. The fraction of sp³-hybridized carbons (Fsp3) is 0.200. The van der Waals surface area contributed by atoms with Gasteiger partial charge < -0.3 is 4.90 Å². The van der Waals surface area contributed by atoms with Crippen molar-refractivity contribution in [3.8, 4) is 0 Å². The van der Waals surface area contributed by atoms with Crippen molar-refractivity contribution in [2.45, 2.75) is 12.7 Å². The average molecular weight is 347 g/mol. The maximum atomic E-state index is 13.7. The number of amides is 1. The first kappa shape index (κ1) is 17.2. The fourth-order valence-electron chi connectivity index (χ4n) is 1.98. The quantitative estimate of drug-likeness (QED) is 0.782. The largest absolute Gasteiger partial charge is 0.418 e. The summed E-state index contributed by atoms with van der Waals surface area (Å²) in [5.74, 6) is -1.62. The summed E-state index contributed by atoms with van der Waals surface area (Å²) in [5.41, 5.74) is -1.86. The highest BCUT2D eigenvalue weighted by atomic mass is 35.5. The van der Waals surface area contributed by atoms with Crippen LogP contribution in [0.15, 0.2) is 36.5 Å². The molecule has 1 amide bonds. The molecule has 0 aliphatic rings. The van der Waals surface area contributed by atoms with Crippen molar-refractivity contribution in [2.24, 2.45) is 0 Å². The Kier molecular flexibility index (Phi) is 4.89. The fourth-order valence-corrected chi connectivity index (χ4v) is 2.20. The summed E-state index contributed by atoms with van der Waals surface area (Å²) in [7, 11) is 1.25. The van der Waals surface area contributed by atoms with Gasteiger partial charge in [0.2, 0.25) is 0 Å². The normalized spacial score (nSPS) is 11.4. The molecular formula is C15H11ClF4N2O. The first-order valence-corrected chi connectivity index (χ1v) is 6.80. The van der Waals surface area contributed by atoms with Crippen molar-refractivity contribution in [2.75, 3.05) is 7.05 Å². The molecule has 0 saturated heterocycles. The molecule has 0 saturated carbocycles. The number of halogens is 5. The van der Waals surface area contributed by atoms with Crippen LogP contribution in [-0.2, 0) is 12.7 Å². The van der Waals surface area contributed by atoms with Gasteiger partial charge in [-0.3, -0.25) is 9.78 Å². The van der Waals surface area contributed by atoms with Crippen molar-refractivity contribution in [1.82, 2.24) is 9.88 Å². The molecular weight excluding hydrogens is 336 g/mol. The topological polar surface area (TPSA) is 33.2 Å². The number of carbonyl (C=O) groups is 1. The number of alkyl halides is 3. The van der Waals surface area contributed by atoms with E-state index >= 15 is 0 Å². The Morgan fingerprint density at radius 1 is 1.26 bits per heavy atom. The van der Waals surface area contributed by atoms with E-state index in [-0.39, 0.29) is 17.1 Å². The molecule has 1 aromatic heterocycles. The molecule has 0 fully saturated rings. The number of hydrogen-bond donors (Lipinski definition) is 0. The van der Waals surface area contributed by atoms with Gasteiger partial charge in [-0.1, -0.05) is 17.7 Å². The van der Waals surface area contributed by atoms with Crippen molar-refractivity contribution in [3.05, 3.63) is 64.2 Å². The molecule has 0 aliphatic carbocycles. The number of nitrogens with zero attached hydrogens (tertiary/aromatic N) is 2. The lowest BCUT2D eigenvalue weighted by atomic mass is 10.1. The Bertz CT molecular complexity index is 713. The molecule has 0 unspecified atom stereocenters. The maximum Gasteiger partial charge on any atom is 0.418 e. The van der Waals surface area contributed by atoms with Crippen molar-refractivity contribution < 1.29 is 22.4 Å². The second-order valence-corrected chi connectivity index (χ2v) is 5.17. The number of hydrogen-bond acceptors (Lipinski definition) is 2. The summed E-state index contributed by atoms with van der Waals surface area (Å²) >= 11 is 5.85. The molecule has 2 aromatic rings. The van der Waals surface area contributed by atoms with Crippen molar-refractivity contribution in [1.29, 1.82) is 0 Å². The van der Waals surface area contributed by atoms with Gasteiger partial charge in [-0.2, -0.15) is 13.2 Å². The van der Waals surface area contributed by atoms with Crippen LogP contribution in [0.4, 0.5) is 17.6 Å². The van der Waals surface area contributed by atoms with Gasteiger partial charge >= 0.3 is 6.18 Å². The van der Waals surface area contributed by atoms with E-state index in [9.17, 15) is 22.4 Å². The second kappa shape index (κ2) is 6.54. The van der Waals surface area contributed by atoms with Crippen molar-refractivity contribution >= 4 is 17.5 Å². The first-order chi connectivity index (χ1) is 10.7. The number of pyridine rings is 1. The van der Waals surface area contributed by atoms with E-state index in [1.54, 1.807) is 0 Å². The highest BCUT2D eigenvalue weighted by Gasteiger charge is 2.36. The summed E-state index contributed by atoms with van der Waals surface area (Å²) in [6.45, 7) is -0.280. The molecule has 0 N–H and O–H groups in total. The Morgan fingerprint density at radius 3 is 2.57 bits per heavy atom. The third-order valence-electron chi connectivity index (χ3n) is 3.12. The zero-order valence-electron chi connectivity index (χ0n) is 11.9. The van der Waals surface area contributed by atoms with E-state index in [1.165, 1.54) is 19.2 Å². The maximum absolute atomic E-state index is 13.7. The molecule has 3 nitrogen and oxygen atoms in total. The SMILES string of the molecule is CN(Cc1c(F)cccc1Cl)C(=O)c1ncccc1C(F)(F)F. The van der Waals surface area contributed by atoms with Gasteiger partial charge in [0.25, 0.3) is 5.91 Å². The van der Waals surface area contributed by atoms with Crippen LogP contribution in [0.25, 0.3) is 0 Å². The molecule has 8 heteroatoms. The minimum Gasteiger partial charge on any atom is -0.336 e. The summed E-state index contributed by atoms with van der Waals surface area (Å²) in [6, 6.07) is 5.84. The Morgan fingerprint density at radius 2 is 1.96 bits per heavy atom. The van der Waals surface area contributed by atoms with Crippen LogP contribution < -0.4 is 0 Å². The van der Waals surface area contributed by atoms with Crippen LogP contribution >= 0.6 is 11.6 Å². The molecule has 23 heavy (non-hydrogen) atoms. The Balaban J connectivity index is 2.31. The number of aromatic nitrogens is 1. The minimum absolute atomic E-state index is 0.0227. The van der Waals surface area contributed by atoms with Crippen LogP contribution in [0.2, 0.25) is 5.02 Å². The monoisotopic (exact) mass is 346 g/mol. The average Bonchev–Trinajstić information content (AvgIpc) is 2.49. The second-order valence-electron chi connectivity index (χ2n) is 4.76. The van der Waals surface area contributed by atoms with Crippen LogP contribution in [-0.4, -0.2) is 22.8 Å². The lowest BCUT2D eigenvalue weighted by Gasteiger charge is -2.20. The predicted molar refractivity (Wildman–Crippen MR) is 76.4 cm³/mol. The molecule has 0 radical (unpaired) electrons. The van der Waals surface area contributed by atoms with E-state index in [0.29, 0.717) is 0 Å². The lowest BCUT2D eigenvalue weighted by Crippen LogP contribution is -2.30. The van der Waals surface area contributed by atoms with Gasteiger partial charge in [-0.25, -0.2) is 4.39 Å². The smallest absolute Gasteiger partial charge is 0.336 e. The van der Waals surface area contributed by atoms with Gasteiger partial charge in [-0.15, -0.1) is 0 Å². The third-order valence-corrected chi connectivity index (χ3v) is 3.47. The minimum atomic E-state index is -4.71. The molecule has 2 rings (SSSR count). The summed E-state index contributed by atoms with van der Waals surface area (Å²) in [6.07, 6.45) is -3.62. The zero-order chi connectivity index (χ0) is 17.2. The van der Waals surface area contributed by atoms with Gasteiger partial charge in [0, 0.05) is 23.8 Å². The highest BCUT2D eigenvalue weighted by Crippen LogP contribution is 2.31. The van der Waals surface area contributed by atoms with Gasteiger partial charge in [0.1, 0.15) is 11.5 Å². The van der Waals surface area contributed by atoms with Crippen LogP contribution in [0.1, 0.15) is 21.6 Å². The van der Waals surface area contributed by atoms with Gasteiger partial charge in [0.05, 0.1) is 12.1 Å². The number of rotatable bonds is 3. The standard InChI is InChI=1S/C15H11ClF4N2O/c1-22(8-9-11(16)5-2-6-12(9)17)14(23)13-10(15(18,19)20)4-3-7-21-13/h2-7H,8H2,1H3. The zero-order valence-corrected chi connectivity index (χ0v) is 12.6. The van der Waals surface area contributed by atoms with Gasteiger partial charge in [0.15, 0.2) is 0 Å². The van der Waals surface area contributed by atoms with Crippen LogP contribution in [0.5, 0.6) is 0 Å². The molecule has 0 bridgehead atoms. The molecule has 0 aliphatic heterocycles. The lowest BCUT2D eigenvalue weighted by molar-refractivity contribution is -0.138. The number of benzene rings is 1. The molecule has 1 aromatic carbocycles. The molecule has 1 heterocycles. The van der Waals surface area contributed by atoms with Crippen LogP contribution in [0, 0.1) is 5.82 Å². The van der Waals surface area contributed by atoms with Crippen LogP contribution in [0.3, 0.4) is 0 Å². The van der Waals surface area contributed by atoms with Gasteiger partial charge in [-0.05, 0) is 24.3 Å². The molecule has 0 atom stereocenters. The Hall–Kier alpha value is -2.15. The van der Waals surface area contributed by atoms with Crippen molar-refractivity contribution in [3.63, 3.8) is 0 Å². The summed E-state index contributed by atoms with van der Waals surface area (Å²) in [4.78, 5) is 16.7. The third kappa shape index (κ3) is 3.79. The van der Waals surface area contributed by atoms with E-state index in [2.05, 4.69) is 4.98 Å². The summed E-state index contributed by atoms with van der Waals surface area (Å²) < 4.78 is 52.5. The summed E-state index contributed by atoms with van der Waals surface area (Å²) in [5, 5.41) is 0.0849. The predicted octanol–water partition coefficient (Wildman–Crippen LogP) is 4.17. The number of carbonyl (C=O) groups excluding carboxylic acids is 1. The molecule has 122 valence electrons. The Labute approximate surface area is 134 Å². The van der Waals surface area contributed by atoms with E-state index < -0.39 is 29.2 Å². The molecule has 0 spiro atoms.